The van der Waals surface area contributed by atoms with E-state index in [0.29, 0.717) is 17.5 Å². The molecule has 2 heterocycles. The van der Waals surface area contributed by atoms with Crippen LogP contribution in [0.2, 0.25) is 0 Å². The number of benzene rings is 6. The highest BCUT2D eigenvalue weighted by molar-refractivity contribution is 7.26. The van der Waals surface area contributed by atoms with Crippen molar-refractivity contribution in [2.24, 2.45) is 0 Å². The molecule has 0 saturated heterocycles. The highest BCUT2D eigenvalue weighted by Crippen LogP contribution is 2.49. The van der Waals surface area contributed by atoms with E-state index in [9.17, 15) is 0 Å². The maximum Gasteiger partial charge on any atom is 0.164 e. The molecule has 208 valence electrons. The monoisotopic (exact) mass is 581 g/mol. The van der Waals surface area contributed by atoms with Crippen molar-refractivity contribution in [2.45, 2.75) is 19.3 Å². The van der Waals surface area contributed by atoms with Gasteiger partial charge < -0.3 is 0 Å². The van der Waals surface area contributed by atoms with E-state index in [-0.39, 0.29) is 5.41 Å². The third kappa shape index (κ3) is 3.71. The molecule has 0 N–H and O–H groups in total. The second-order valence-corrected chi connectivity index (χ2v) is 13.1. The molecule has 0 bridgehead atoms. The van der Waals surface area contributed by atoms with Crippen molar-refractivity contribution in [3.63, 3.8) is 0 Å². The molecule has 0 atom stereocenters. The summed E-state index contributed by atoms with van der Waals surface area (Å²) in [5.74, 6) is 2.05. The van der Waals surface area contributed by atoms with Crippen LogP contribution in [0.3, 0.4) is 0 Å². The zero-order valence-electron chi connectivity index (χ0n) is 24.4. The van der Waals surface area contributed by atoms with Gasteiger partial charge >= 0.3 is 0 Å². The summed E-state index contributed by atoms with van der Waals surface area (Å²) in [6.45, 7) is 4.62. The minimum absolute atomic E-state index is 0.109. The number of nitrogens with zero attached hydrogens (tertiary/aromatic N) is 3. The van der Waals surface area contributed by atoms with Crippen LogP contribution in [0.1, 0.15) is 25.0 Å². The predicted molar refractivity (Wildman–Crippen MR) is 184 cm³/mol. The van der Waals surface area contributed by atoms with Gasteiger partial charge in [0.25, 0.3) is 0 Å². The third-order valence-electron chi connectivity index (χ3n) is 9.14. The van der Waals surface area contributed by atoms with Gasteiger partial charge in [0, 0.05) is 42.3 Å². The van der Waals surface area contributed by atoms with E-state index in [1.807, 2.05) is 29.5 Å². The molecule has 44 heavy (non-hydrogen) atoms. The summed E-state index contributed by atoms with van der Waals surface area (Å²) in [5.41, 5.74) is 8.14. The lowest BCUT2D eigenvalue weighted by molar-refractivity contribution is 0.660. The van der Waals surface area contributed by atoms with Crippen LogP contribution < -0.4 is 0 Å². The zero-order valence-corrected chi connectivity index (χ0v) is 25.2. The van der Waals surface area contributed by atoms with E-state index in [1.165, 1.54) is 53.2 Å². The minimum atomic E-state index is -0.109. The number of hydrogen-bond donors (Lipinski definition) is 0. The first-order chi connectivity index (χ1) is 21.6. The van der Waals surface area contributed by atoms with Crippen molar-refractivity contribution in [1.82, 2.24) is 15.0 Å². The van der Waals surface area contributed by atoms with Crippen molar-refractivity contribution in [1.29, 1.82) is 0 Å². The molecule has 4 heteroatoms. The van der Waals surface area contributed by atoms with Crippen molar-refractivity contribution < 1.29 is 0 Å². The Hall–Kier alpha value is -5.19. The van der Waals surface area contributed by atoms with E-state index >= 15 is 0 Å². The fraction of sp³-hybridized carbons (Fsp3) is 0.0750. The highest BCUT2D eigenvalue weighted by atomic mass is 32.1. The van der Waals surface area contributed by atoms with Crippen LogP contribution in [0, 0.1) is 0 Å². The van der Waals surface area contributed by atoms with Crippen LogP contribution in [0.4, 0.5) is 0 Å². The minimum Gasteiger partial charge on any atom is -0.208 e. The Bertz CT molecular complexity index is 2420. The largest absolute Gasteiger partial charge is 0.208 e. The van der Waals surface area contributed by atoms with E-state index in [0.717, 1.165) is 16.7 Å². The van der Waals surface area contributed by atoms with Crippen molar-refractivity contribution in [3.05, 3.63) is 139 Å². The Morgan fingerprint density at radius 3 is 2.05 bits per heavy atom. The van der Waals surface area contributed by atoms with Crippen LogP contribution in [0.15, 0.2) is 127 Å². The highest BCUT2D eigenvalue weighted by Gasteiger charge is 2.35. The standard InChI is InChI=1S/C40H27N3S/c1-40(2)31-17-9-8-15-28(31)29-21-19-26(23-32(29)40)38-41-37(25-12-4-3-5-13-25)42-39(43-38)30-16-10-18-33-36(30)35-27-14-7-6-11-24(27)20-22-34(35)44-33/h3-23H,1-2H3. The Balaban J connectivity index is 1.31. The van der Waals surface area contributed by atoms with Crippen LogP contribution >= 0.6 is 11.3 Å². The smallest absolute Gasteiger partial charge is 0.164 e. The molecule has 0 radical (unpaired) electrons. The maximum absolute atomic E-state index is 5.22. The zero-order chi connectivity index (χ0) is 29.4. The average molecular weight is 582 g/mol. The van der Waals surface area contributed by atoms with Crippen molar-refractivity contribution in [2.75, 3.05) is 0 Å². The normalized spacial score (nSPS) is 13.4. The van der Waals surface area contributed by atoms with Crippen molar-refractivity contribution >= 4 is 42.3 Å². The first-order valence-corrected chi connectivity index (χ1v) is 15.8. The Morgan fingerprint density at radius 1 is 0.477 bits per heavy atom. The first-order valence-electron chi connectivity index (χ1n) is 15.0. The number of aromatic nitrogens is 3. The molecule has 0 unspecified atom stereocenters. The summed E-state index contributed by atoms with van der Waals surface area (Å²) in [6, 6.07) is 45.2. The van der Waals surface area contributed by atoms with Crippen LogP contribution in [-0.2, 0) is 5.41 Å². The summed E-state index contributed by atoms with van der Waals surface area (Å²) in [4.78, 5) is 15.4. The molecule has 3 nitrogen and oxygen atoms in total. The molecule has 0 saturated carbocycles. The van der Waals surface area contributed by atoms with Crippen LogP contribution in [0.25, 0.3) is 76.2 Å². The summed E-state index contributed by atoms with van der Waals surface area (Å²) < 4.78 is 2.50. The van der Waals surface area contributed by atoms with Gasteiger partial charge in [-0.25, -0.2) is 15.0 Å². The van der Waals surface area contributed by atoms with E-state index in [2.05, 4.69) is 123 Å². The Morgan fingerprint density at radius 2 is 1.16 bits per heavy atom. The lowest BCUT2D eigenvalue weighted by Crippen LogP contribution is -2.15. The molecular formula is C40H27N3S. The van der Waals surface area contributed by atoms with Crippen LogP contribution in [-0.4, -0.2) is 15.0 Å². The van der Waals surface area contributed by atoms with Crippen LogP contribution in [0.5, 0.6) is 0 Å². The lowest BCUT2D eigenvalue weighted by atomic mass is 9.82. The van der Waals surface area contributed by atoms with Gasteiger partial charge in [0.05, 0.1) is 0 Å². The topological polar surface area (TPSA) is 38.7 Å². The van der Waals surface area contributed by atoms with Gasteiger partial charge in [0.2, 0.25) is 0 Å². The van der Waals surface area contributed by atoms with Gasteiger partial charge in [-0.1, -0.05) is 123 Å². The Kier molecular flexibility index (Phi) is 5.41. The maximum atomic E-state index is 5.22. The summed E-state index contributed by atoms with van der Waals surface area (Å²) in [6.07, 6.45) is 0. The third-order valence-corrected chi connectivity index (χ3v) is 10.3. The fourth-order valence-electron chi connectivity index (χ4n) is 6.96. The Labute approximate surface area is 259 Å². The SMILES string of the molecule is CC1(C)c2ccccc2-c2ccc(-c3nc(-c4ccccc4)nc(-c4cccc5sc6ccc7ccccc7c6c45)n3)cc21. The quantitative estimate of drug-likeness (QED) is 0.208. The summed E-state index contributed by atoms with van der Waals surface area (Å²) in [5, 5.41) is 4.95. The molecule has 0 fully saturated rings. The second-order valence-electron chi connectivity index (χ2n) is 12.0. The van der Waals surface area contributed by atoms with Gasteiger partial charge in [-0.2, -0.15) is 0 Å². The molecular weight excluding hydrogens is 555 g/mol. The van der Waals surface area contributed by atoms with E-state index in [4.69, 9.17) is 15.0 Å². The van der Waals surface area contributed by atoms with E-state index < -0.39 is 0 Å². The molecule has 2 aromatic heterocycles. The van der Waals surface area contributed by atoms with Gasteiger partial charge in [-0.15, -0.1) is 11.3 Å². The second kappa shape index (κ2) is 9.40. The number of rotatable bonds is 3. The average Bonchev–Trinajstić information content (AvgIpc) is 3.57. The van der Waals surface area contributed by atoms with E-state index in [1.54, 1.807) is 0 Å². The molecule has 1 aliphatic rings. The molecule has 1 aliphatic carbocycles. The molecule has 0 amide bonds. The predicted octanol–water partition coefficient (Wildman–Crippen LogP) is 10.7. The van der Waals surface area contributed by atoms with Gasteiger partial charge in [-0.05, 0) is 51.2 Å². The molecule has 6 aromatic carbocycles. The fourth-order valence-corrected chi connectivity index (χ4v) is 8.11. The van der Waals surface area contributed by atoms with Gasteiger partial charge in [0.1, 0.15) is 0 Å². The van der Waals surface area contributed by atoms with Gasteiger partial charge in [0.15, 0.2) is 17.5 Å². The number of hydrogen-bond acceptors (Lipinski definition) is 4. The molecule has 8 aromatic rings. The molecule has 0 aliphatic heterocycles. The molecule has 0 spiro atoms. The summed E-state index contributed by atoms with van der Waals surface area (Å²) in [7, 11) is 0. The van der Waals surface area contributed by atoms with Gasteiger partial charge in [-0.3, -0.25) is 0 Å². The lowest BCUT2D eigenvalue weighted by Gasteiger charge is -2.21. The molecule has 9 rings (SSSR count). The number of fused-ring (bicyclic) bond motifs is 8. The first kappa shape index (κ1) is 25.3. The summed E-state index contributed by atoms with van der Waals surface area (Å²) >= 11 is 1.82. The number of thiophene rings is 1. The van der Waals surface area contributed by atoms with Crippen molar-refractivity contribution in [3.8, 4) is 45.3 Å².